The second-order valence-electron chi connectivity index (χ2n) is 8.93. The molecule has 0 N–H and O–H groups in total. The highest BCUT2D eigenvalue weighted by molar-refractivity contribution is 7.22. The van der Waals surface area contributed by atoms with Crippen molar-refractivity contribution >= 4 is 54.3 Å². The number of methoxy groups -OCH3 is 2. The maximum Gasteiger partial charge on any atom is 0.349 e. The molecule has 5 rings (SSSR count). The molecule has 2 aromatic heterocycles. The number of ether oxygens (including phenoxy) is 2. The molecule has 3 aromatic carbocycles. The molecular formula is C28H27N3O5S. The second-order valence-corrected chi connectivity index (χ2v) is 9.94. The van der Waals surface area contributed by atoms with Crippen molar-refractivity contribution in [2.24, 2.45) is 0 Å². The van der Waals surface area contributed by atoms with Crippen molar-refractivity contribution in [1.29, 1.82) is 0 Å². The number of carbonyl (C=O) groups is 1. The molecular weight excluding hydrogens is 490 g/mol. The van der Waals surface area contributed by atoms with E-state index < -0.39 is 11.5 Å². The first-order valence-electron chi connectivity index (χ1n) is 11.8. The molecule has 0 spiro atoms. The minimum atomic E-state index is -0.671. The highest BCUT2D eigenvalue weighted by Crippen LogP contribution is 2.37. The number of hydrogen-bond acceptors (Lipinski definition) is 8. The number of benzene rings is 3. The van der Waals surface area contributed by atoms with Gasteiger partial charge in [0.15, 0.2) is 16.6 Å². The van der Waals surface area contributed by atoms with E-state index in [2.05, 4.69) is 0 Å². The van der Waals surface area contributed by atoms with Crippen molar-refractivity contribution in [3.63, 3.8) is 0 Å². The van der Waals surface area contributed by atoms with E-state index in [9.17, 15) is 9.59 Å². The lowest BCUT2D eigenvalue weighted by atomic mass is 10.0. The van der Waals surface area contributed by atoms with Crippen LogP contribution in [0, 0.1) is 0 Å². The Bertz CT molecular complexity index is 1630. The van der Waals surface area contributed by atoms with Gasteiger partial charge in [-0.2, -0.15) is 0 Å². The van der Waals surface area contributed by atoms with Gasteiger partial charge >= 0.3 is 5.63 Å². The Labute approximate surface area is 217 Å². The van der Waals surface area contributed by atoms with Crippen LogP contribution in [0.3, 0.4) is 0 Å². The van der Waals surface area contributed by atoms with Crippen molar-refractivity contribution < 1.29 is 18.7 Å². The number of aromatic nitrogens is 1. The summed E-state index contributed by atoms with van der Waals surface area (Å²) < 4.78 is 17.3. The normalized spacial score (nSPS) is 11.5. The van der Waals surface area contributed by atoms with Gasteiger partial charge in [-0.15, -0.1) is 0 Å². The molecule has 0 radical (unpaired) electrons. The summed E-state index contributed by atoms with van der Waals surface area (Å²) in [5, 5.41) is 3.12. The minimum Gasteiger partial charge on any atom is -0.493 e. The standard InChI is InChI=1S/C28H27N3O5S/c1-30(2)12-7-13-31(28-29-21-15-23(34-3)24(35-4)16-25(21)37-28)26(32)20-14-19-18-9-6-5-8-17(18)10-11-22(19)36-27(20)33/h5-6,8-11,14-16H,7,12-13H2,1-4H3. The number of nitrogens with zero attached hydrogens (tertiary/aromatic N) is 3. The van der Waals surface area contributed by atoms with Gasteiger partial charge in [0.05, 0.1) is 24.4 Å². The van der Waals surface area contributed by atoms with Crippen LogP contribution in [0.4, 0.5) is 5.13 Å². The lowest BCUT2D eigenvalue weighted by Crippen LogP contribution is -2.36. The third-order valence-electron chi connectivity index (χ3n) is 6.22. The third-order valence-corrected chi connectivity index (χ3v) is 7.26. The average Bonchev–Trinajstić information content (AvgIpc) is 3.31. The van der Waals surface area contributed by atoms with Crippen LogP contribution < -0.4 is 20.0 Å². The molecule has 0 bridgehead atoms. The Morgan fingerprint density at radius 3 is 2.49 bits per heavy atom. The SMILES string of the molecule is COc1cc2nc(N(CCCN(C)C)C(=O)c3cc4c(ccc5ccccc54)oc3=O)sc2cc1OC. The fraction of sp³-hybridized carbons (Fsp3) is 0.250. The Morgan fingerprint density at radius 2 is 1.73 bits per heavy atom. The van der Waals surface area contributed by atoms with Gasteiger partial charge < -0.3 is 18.8 Å². The molecule has 0 saturated heterocycles. The molecule has 0 fully saturated rings. The number of thiazole rings is 1. The summed E-state index contributed by atoms with van der Waals surface area (Å²) in [7, 11) is 7.10. The quantitative estimate of drug-likeness (QED) is 0.207. The summed E-state index contributed by atoms with van der Waals surface area (Å²) in [6, 6.07) is 16.7. The van der Waals surface area contributed by atoms with Crippen molar-refractivity contribution in [2.45, 2.75) is 6.42 Å². The molecule has 2 heterocycles. The first-order chi connectivity index (χ1) is 17.9. The van der Waals surface area contributed by atoms with Gasteiger partial charge in [0.25, 0.3) is 5.91 Å². The van der Waals surface area contributed by atoms with Gasteiger partial charge in [-0.3, -0.25) is 9.69 Å². The van der Waals surface area contributed by atoms with E-state index in [4.69, 9.17) is 18.9 Å². The molecule has 190 valence electrons. The average molecular weight is 518 g/mol. The molecule has 9 heteroatoms. The summed E-state index contributed by atoms with van der Waals surface area (Å²) in [4.78, 5) is 35.2. The van der Waals surface area contributed by atoms with Crippen LogP contribution in [-0.2, 0) is 0 Å². The van der Waals surface area contributed by atoms with Crippen molar-refractivity contribution in [3.8, 4) is 11.5 Å². The third kappa shape index (κ3) is 4.75. The van der Waals surface area contributed by atoms with Gasteiger partial charge in [0.1, 0.15) is 11.1 Å². The number of anilines is 1. The minimum absolute atomic E-state index is 0.0249. The van der Waals surface area contributed by atoms with Crippen molar-refractivity contribution in [2.75, 3.05) is 46.3 Å². The highest BCUT2D eigenvalue weighted by atomic mass is 32.1. The zero-order valence-electron chi connectivity index (χ0n) is 21.1. The van der Waals surface area contributed by atoms with E-state index >= 15 is 0 Å². The van der Waals surface area contributed by atoms with Gasteiger partial charge in [-0.25, -0.2) is 9.78 Å². The van der Waals surface area contributed by atoms with E-state index in [1.807, 2.05) is 55.4 Å². The van der Waals surface area contributed by atoms with Gasteiger partial charge in [-0.1, -0.05) is 41.7 Å². The largest absolute Gasteiger partial charge is 0.493 e. The van der Waals surface area contributed by atoms with Gasteiger partial charge in [-0.05, 0) is 50.0 Å². The lowest BCUT2D eigenvalue weighted by molar-refractivity contribution is 0.0982. The zero-order chi connectivity index (χ0) is 26.1. The molecule has 0 unspecified atom stereocenters. The number of rotatable bonds is 8. The van der Waals surface area contributed by atoms with Crippen LogP contribution >= 0.6 is 11.3 Å². The van der Waals surface area contributed by atoms with E-state index in [0.717, 1.165) is 22.0 Å². The second kappa shape index (κ2) is 10.2. The first-order valence-corrected chi connectivity index (χ1v) is 12.7. The zero-order valence-corrected chi connectivity index (χ0v) is 21.9. The molecule has 0 aliphatic heterocycles. The predicted molar refractivity (Wildman–Crippen MR) is 148 cm³/mol. The summed E-state index contributed by atoms with van der Waals surface area (Å²) >= 11 is 1.36. The fourth-order valence-corrected chi connectivity index (χ4v) is 5.35. The topological polar surface area (TPSA) is 85.1 Å². The van der Waals surface area contributed by atoms with E-state index in [-0.39, 0.29) is 5.56 Å². The van der Waals surface area contributed by atoms with Crippen molar-refractivity contribution in [3.05, 3.63) is 70.6 Å². The van der Waals surface area contributed by atoms with Crippen LogP contribution in [0.15, 0.2) is 63.8 Å². The van der Waals surface area contributed by atoms with Crippen LogP contribution in [0.25, 0.3) is 32.0 Å². The van der Waals surface area contributed by atoms with Crippen LogP contribution in [0.1, 0.15) is 16.8 Å². The maximum absolute atomic E-state index is 13.9. The van der Waals surface area contributed by atoms with Crippen LogP contribution in [0.5, 0.6) is 11.5 Å². The summed E-state index contributed by atoms with van der Waals surface area (Å²) in [6.45, 7) is 1.16. The maximum atomic E-state index is 13.9. The molecule has 0 aliphatic rings. The molecule has 1 amide bonds. The van der Waals surface area contributed by atoms with Crippen LogP contribution in [0.2, 0.25) is 0 Å². The monoisotopic (exact) mass is 517 g/mol. The smallest absolute Gasteiger partial charge is 0.349 e. The first kappa shape index (κ1) is 24.7. The van der Waals surface area contributed by atoms with Gasteiger partial charge in [0, 0.05) is 24.1 Å². The molecule has 37 heavy (non-hydrogen) atoms. The molecule has 0 atom stereocenters. The number of amides is 1. The van der Waals surface area contributed by atoms with Crippen LogP contribution in [-0.4, -0.2) is 57.2 Å². The summed E-state index contributed by atoms with van der Waals surface area (Å²) in [5.41, 5.74) is 0.427. The molecule has 5 aromatic rings. The Morgan fingerprint density at radius 1 is 0.973 bits per heavy atom. The number of carbonyl (C=O) groups excluding carboxylic acids is 1. The highest BCUT2D eigenvalue weighted by Gasteiger charge is 2.25. The van der Waals surface area contributed by atoms with Crippen molar-refractivity contribution in [1.82, 2.24) is 9.88 Å². The Kier molecular flexibility index (Phi) is 6.82. The predicted octanol–water partition coefficient (Wildman–Crippen LogP) is 5.17. The summed E-state index contributed by atoms with van der Waals surface area (Å²) in [6.07, 6.45) is 0.698. The van der Waals surface area contributed by atoms with E-state index in [1.54, 1.807) is 37.3 Å². The van der Waals surface area contributed by atoms with E-state index in [1.165, 1.54) is 11.3 Å². The van der Waals surface area contributed by atoms with E-state index in [0.29, 0.717) is 46.1 Å². The molecule has 8 nitrogen and oxygen atoms in total. The number of fused-ring (bicyclic) bond motifs is 4. The lowest BCUT2D eigenvalue weighted by Gasteiger charge is -2.20. The fourth-order valence-electron chi connectivity index (χ4n) is 4.35. The molecule has 0 saturated carbocycles. The Balaban J connectivity index is 1.61. The summed E-state index contributed by atoms with van der Waals surface area (Å²) in [5.74, 6) is 0.692. The molecule has 0 aliphatic carbocycles. The number of hydrogen-bond donors (Lipinski definition) is 0. The van der Waals surface area contributed by atoms with Gasteiger partial charge in [0.2, 0.25) is 0 Å². The Hall–Kier alpha value is -3.95.